The first-order valence-electron chi connectivity index (χ1n) is 10.4. The van der Waals surface area contributed by atoms with Gasteiger partial charge in [0.15, 0.2) is 0 Å². The van der Waals surface area contributed by atoms with E-state index in [9.17, 15) is 9.59 Å². The Morgan fingerprint density at radius 3 is 2.21 bits per heavy atom. The molecule has 1 aliphatic carbocycles. The number of hydrogen-bond acceptors (Lipinski definition) is 3. The van der Waals surface area contributed by atoms with Crippen molar-refractivity contribution in [3.8, 4) is 5.75 Å². The number of benzene rings is 2. The topological polar surface area (TPSA) is 67.4 Å². The normalized spacial score (nSPS) is 15.0. The van der Waals surface area contributed by atoms with Crippen molar-refractivity contribution >= 4 is 11.8 Å². The van der Waals surface area contributed by atoms with Gasteiger partial charge in [0.05, 0.1) is 19.2 Å². The summed E-state index contributed by atoms with van der Waals surface area (Å²) in [6, 6.07) is 13.4. The summed E-state index contributed by atoms with van der Waals surface area (Å²) in [5.74, 6) is -0.472. The lowest BCUT2D eigenvalue weighted by Gasteiger charge is -2.22. The number of carbonyl (C=O) groups is 2. The Balaban J connectivity index is 1.61. The minimum atomic E-state index is -0.621. The van der Waals surface area contributed by atoms with Gasteiger partial charge in [-0.2, -0.15) is 0 Å². The Labute approximate surface area is 172 Å². The van der Waals surface area contributed by atoms with E-state index in [0.29, 0.717) is 0 Å². The van der Waals surface area contributed by atoms with Gasteiger partial charge in [-0.25, -0.2) is 0 Å². The Morgan fingerprint density at radius 1 is 0.931 bits per heavy atom. The van der Waals surface area contributed by atoms with Crippen LogP contribution in [0.3, 0.4) is 0 Å². The van der Waals surface area contributed by atoms with Gasteiger partial charge in [-0.3, -0.25) is 9.59 Å². The zero-order valence-corrected chi connectivity index (χ0v) is 17.5. The van der Waals surface area contributed by atoms with Gasteiger partial charge in [0.1, 0.15) is 5.75 Å². The van der Waals surface area contributed by atoms with E-state index in [1.807, 2.05) is 38.1 Å². The van der Waals surface area contributed by atoms with Crippen LogP contribution in [0.4, 0.5) is 0 Å². The van der Waals surface area contributed by atoms with Crippen molar-refractivity contribution in [2.75, 3.05) is 7.11 Å². The van der Waals surface area contributed by atoms with Crippen LogP contribution in [-0.4, -0.2) is 18.9 Å². The largest absolute Gasteiger partial charge is 0.497 e. The first kappa shape index (κ1) is 20.9. The molecule has 0 bridgehead atoms. The van der Waals surface area contributed by atoms with Crippen LogP contribution < -0.4 is 15.4 Å². The quantitative estimate of drug-likeness (QED) is 0.727. The molecule has 2 aromatic rings. The van der Waals surface area contributed by atoms with Crippen LogP contribution in [0.2, 0.25) is 0 Å². The summed E-state index contributed by atoms with van der Waals surface area (Å²) in [4.78, 5) is 24.9. The molecule has 2 atom stereocenters. The van der Waals surface area contributed by atoms with Gasteiger partial charge in [0.2, 0.25) is 0 Å². The van der Waals surface area contributed by atoms with Gasteiger partial charge in [-0.15, -0.1) is 0 Å². The molecule has 0 saturated heterocycles. The Morgan fingerprint density at radius 2 is 1.55 bits per heavy atom. The van der Waals surface area contributed by atoms with E-state index in [1.165, 1.54) is 24.0 Å². The minimum Gasteiger partial charge on any atom is -0.497 e. The van der Waals surface area contributed by atoms with Crippen molar-refractivity contribution in [2.45, 2.75) is 58.0 Å². The average molecular weight is 395 g/mol. The number of nitrogens with one attached hydrogen (secondary N) is 2. The van der Waals surface area contributed by atoms with Gasteiger partial charge in [-0.05, 0) is 73.4 Å². The van der Waals surface area contributed by atoms with Crippen LogP contribution in [-0.2, 0) is 22.4 Å². The molecule has 0 saturated carbocycles. The van der Waals surface area contributed by atoms with E-state index in [0.717, 1.165) is 36.1 Å². The third-order valence-corrected chi connectivity index (χ3v) is 5.66. The molecule has 154 valence electrons. The fourth-order valence-electron chi connectivity index (χ4n) is 3.85. The molecular weight excluding hydrogens is 364 g/mol. The maximum absolute atomic E-state index is 12.5. The van der Waals surface area contributed by atoms with Crippen LogP contribution >= 0.6 is 0 Å². The molecule has 0 aromatic heterocycles. The molecule has 2 unspecified atom stereocenters. The molecule has 29 heavy (non-hydrogen) atoms. The summed E-state index contributed by atoms with van der Waals surface area (Å²) in [5, 5.41) is 5.67. The molecule has 0 spiro atoms. The van der Waals surface area contributed by atoms with E-state index in [-0.39, 0.29) is 12.1 Å². The Bertz CT molecular complexity index is 861. The summed E-state index contributed by atoms with van der Waals surface area (Å²) < 4.78 is 5.15. The van der Waals surface area contributed by atoms with E-state index in [1.54, 1.807) is 7.11 Å². The number of amides is 2. The Kier molecular flexibility index (Phi) is 6.91. The second-order valence-corrected chi connectivity index (χ2v) is 7.64. The SMILES string of the molecule is CCC(NC(=O)C(=O)NC(C)c1ccc(OC)cc1)c1ccc2c(c1)CCCC2. The number of ether oxygens (including phenoxy) is 1. The van der Waals surface area contributed by atoms with Gasteiger partial charge in [-0.1, -0.05) is 37.3 Å². The van der Waals surface area contributed by atoms with Crippen molar-refractivity contribution in [3.63, 3.8) is 0 Å². The predicted octanol–water partition coefficient (Wildman–Crippen LogP) is 4.02. The van der Waals surface area contributed by atoms with Crippen molar-refractivity contribution in [1.82, 2.24) is 10.6 Å². The highest BCUT2D eigenvalue weighted by atomic mass is 16.5. The fourth-order valence-corrected chi connectivity index (χ4v) is 3.85. The lowest BCUT2D eigenvalue weighted by molar-refractivity contribution is -0.140. The number of carbonyl (C=O) groups excluding carboxylic acids is 2. The third-order valence-electron chi connectivity index (χ3n) is 5.66. The van der Waals surface area contributed by atoms with E-state index in [4.69, 9.17) is 4.74 Å². The number of rotatable bonds is 6. The zero-order chi connectivity index (χ0) is 20.8. The summed E-state index contributed by atoms with van der Waals surface area (Å²) in [6.45, 7) is 3.87. The highest BCUT2D eigenvalue weighted by Gasteiger charge is 2.21. The van der Waals surface area contributed by atoms with Crippen LogP contribution in [0.25, 0.3) is 0 Å². The molecule has 0 aliphatic heterocycles. The summed E-state index contributed by atoms with van der Waals surface area (Å²) in [5.41, 5.74) is 4.76. The lowest BCUT2D eigenvalue weighted by Crippen LogP contribution is -2.42. The smallest absolute Gasteiger partial charge is 0.309 e. The maximum atomic E-state index is 12.5. The first-order valence-corrected chi connectivity index (χ1v) is 10.4. The van der Waals surface area contributed by atoms with Gasteiger partial charge in [0, 0.05) is 0 Å². The lowest BCUT2D eigenvalue weighted by atomic mass is 9.89. The number of methoxy groups -OCH3 is 1. The molecule has 0 heterocycles. The third kappa shape index (κ3) is 5.17. The standard InChI is InChI=1S/C24H30N2O3/c1-4-22(20-10-9-18-7-5-6-8-19(18)15-20)26-24(28)23(27)25-16(2)17-11-13-21(29-3)14-12-17/h9-16,22H,4-8H2,1-3H3,(H,25,27)(H,26,28). The second-order valence-electron chi connectivity index (χ2n) is 7.64. The minimum absolute atomic E-state index is 0.170. The molecular formula is C24H30N2O3. The van der Waals surface area contributed by atoms with Crippen LogP contribution in [0.15, 0.2) is 42.5 Å². The molecule has 2 N–H and O–H groups in total. The summed E-state index contributed by atoms with van der Waals surface area (Å²) in [6.07, 6.45) is 5.40. The van der Waals surface area contributed by atoms with E-state index >= 15 is 0 Å². The molecule has 2 amide bonds. The predicted molar refractivity (Wildman–Crippen MR) is 114 cm³/mol. The Hall–Kier alpha value is -2.82. The van der Waals surface area contributed by atoms with Crippen LogP contribution in [0, 0.1) is 0 Å². The van der Waals surface area contributed by atoms with Crippen molar-refractivity contribution in [3.05, 3.63) is 64.7 Å². The number of fused-ring (bicyclic) bond motifs is 1. The molecule has 0 fully saturated rings. The highest BCUT2D eigenvalue weighted by Crippen LogP contribution is 2.26. The summed E-state index contributed by atoms with van der Waals surface area (Å²) >= 11 is 0. The van der Waals surface area contributed by atoms with Crippen molar-refractivity contribution < 1.29 is 14.3 Å². The molecule has 3 rings (SSSR count). The van der Waals surface area contributed by atoms with Crippen LogP contribution in [0.5, 0.6) is 5.75 Å². The first-order chi connectivity index (χ1) is 14.0. The summed E-state index contributed by atoms with van der Waals surface area (Å²) in [7, 11) is 1.61. The average Bonchev–Trinajstić information content (AvgIpc) is 2.76. The maximum Gasteiger partial charge on any atom is 0.309 e. The fraction of sp³-hybridized carbons (Fsp3) is 0.417. The monoisotopic (exact) mass is 394 g/mol. The van der Waals surface area contributed by atoms with Crippen molar-refractivity contribution in [2.24, 2.45) is 0 Å². The molecule has 5 nitrogen and oxygen atoms in total. The van der Waals surface area contributed by atoms with E-state index in [2.05, 4.69) is 28.8 Å². The van der Waals surface area contributed by atoms with Gasteiger partial charge in [0.25, 0.3) is 0 Å². The van der Waals surface area contributed by atoms with Crippen molar-refractivity contribution in [1.29, 1.82) is 0 Å². The van der Waals surface area contributed by atoms with Gasteiger partial charge < -0.3 is 15.4 Å². The van der Waals surface area contributed by atoms with Crippen LogP contribution in [0.1, 0.15) is 67.4 Å². The van der Waals surface area contributed by atoms with E-state index < -0.39 is 11.8 Å². The molecule has 5 heteroatoms. The molecule has 0 radical (unpaired) electrons. The highest BCUT2D eigenvalue weighted by molar-refractivity contribution is 6.35. The number of aryl methyl sites for hydroxylation is 2. The number of hydrogen-bond donors (Lipinski definition) is 2. The van der Waals surface area contributed by atoms with Gasteiger partial charge >= 0.3 is 11.8 Å². The molecule has 1 aliphatic rings. The molecule has 2 aromatic carbocycles. The zero-order valence-electron chi connectivity index (χ0n) is 17.5. The second kappa shape index (κ2) is 9.59.